The molecule has 0 aromatic heterocycles. The van der Waals surface area contributed by atoms with E-state index in [4.69, 9.17) is 15.2 Å². The van der Waals surface area contributed by atoms with E-state index in [9.17, 15) is 9.59 Å². The number of ketones is 1. The van der Waals surface area contributed by atoms with Crippen LogP contribution in [-0.4, -0.2) is 37.5 Å². The first-order chi connectivity index (χ1) is 12.0. The van der Waals surface area contributed by atoms with Crippen molar-refractivity contribution in [2.24, 2.45) is 5.73 Å². The highest BCUT2D eigenvalue weighted by molar-refractivity contribution is 5.94. The Bertz CT molecular complexity index is 616. The second-order valence-electron chi connectivity index (χ2n) is 6.61. The van der Waals surface area contributed by atoms with Crippen LogP contribution >= 0.6 is 12.4 Å². The number of carbonyl (C=O) groups excluding carboxylic acids is 2. The van der Waals surface area contributed by atoms with Crippen molar-refractivity contribution in [2.45, 2.75) is 51.0 Å². The highest BCUT2D eigenvalue weighted by atomic mass is 35.5. The molecule has 3 N–H and O–H groups in total. The predicted molar refractivity (Wildman–Crippen MR) is 103 cm³/mol. The molecule has 0 aliphatic heterocycles. The number of amides is 1. The fourth-order valence-corrected chi connectivity index (χ4v) is 3.21. The third-order valence-electron chi connectivity index (χ3n) is 4.73. The highest BCUT2D eigenvalue weighted by Gasteiger charge is 2.33. The van der Waals surface area contributed by atoms with Crippen LogP contribution in [-0.2, 0) is 4.79 Å². The van der Waals surface area contributed by atoms with Crippen LogP contribution in [0.5, 0.6) is 11.5 Å². The molecular formula is C19H29ClN2O4. The van der Waals surface area contributed by atoms with Crippen molar-refractivity contribution in [3.63, 3.8) is 0 Å². The number of methoxy groups -OCH3 is 1. The molecule has 0 spiro atoms. The quantitative estimate of drug-likeness (QED) is 0.504. The van der Waals surface area contributed by atoms with E-state index in [1.807, 2.05) is 0 Å². The number of hydrogen-bond acceptors (Lipinski definition) is 5. The first-order valence-corrected chi connectivity index (χ1v) is 8.82. The van der Waals surface area contributed by atoms with Gasteiger partial charge in [0, 0.05) is 18.5 Å². The molecule has 0 saturated heterocycles. The van der Waals surface area contributed by atoms with E-state index in [0.29, 0.717) is 43.1 Å². The fourth-order valence-electron chi connectivity index (χ4n) is 3.21. The van der Waals surface area contributed by atoms with Gasteiger partial charge in [-0.1, -0.05) is 12.8 Å². The summed E-state index contributed by atoms with van der Waals surface area (Å²) in [6.07, 6.45) is 5.17. The number of nitrogens with two attached hydrogens (primary N) is 1. The summed E-state index contributed by atoms with van der Waals surface area (Å²) in [6.45, 7) is 2.40. The first kappa shape index (κ1) is 22.3. The smallest absolute Gasteiger partial charge is 0.220 e. The maximum Gasteiger partial charge on any atom is 0.220 e. The van der Waals surface area contributed by atoms with E-state index in [1.54, 1.807) is 18.2 Å². The zero-order valence-electron chi connectivity index (χ0n) is 15.5. The van der Waals surface area contributed by atoms with E-state index >= 15 is 0 Å². The lowest BCUT2D eigenvalue weighted by Crippen LogP contribution is -2.51. The monoisotopic (exact) mass is 384 g/mol. The minimum absolute atomic E-state index is 0. The van der Waals surface area contributed by atoms with Crippen molar-refractivity contribution in [2.75, 3.05) is 20.3 Å². The number of Topliss-reactive ketones (excluding diaryl/α,β-unsaturated/α-hetero) is 1. The number of hydrogen-bond donors (Lipinski definition) is 2. The molecular weight excluding hydrogens is 356 g/mol. The van der Waals surface area contributed by atoms with Gasteiger partial charge in [0.15, 0.2) is 17.3 Å². The van der Waals surface area contributed by atoms with Crippen LogP contribution in [0.2, 0.25) is 0 Å². The van der Waals surface area contributed by atoms with Gasteiger partial charge in [0.1, 0.15) is 0 Å². The minimum atomic E-state index is -0.205. The summed E-state index contributed by atoms with van der Waals surface area (Å²) in [5.74, 6) is 1.09. The molecule has 0 heterocycles. The van der Waals surface area contributed by atoms with Gasteiger partial charge < -0.3 is 20.5 Å². The fraction of sp³-hybridized carbons (Fsp3) is 0.579. The normalized spacial score (nSPS) is 15.0. The lowest BCUT2D eigenvalue weighted by molar-refractivity contribution is -0.123. The maximum atomic E-state index is 12.1. The zero-order chi connectivity index (χ0) is 18.3. The SMILES string of the molecule is COc1cc(C(C)=O)ccc1OCCCC(=O)NC1(CN)CCCC1.Cl. The van der Waals surface area contributed by atoms with Gasteiger partial charge in [0.2, 0.25) is 5.91 Å². The Labute approximate surface area is 161 Å². The van der Waals surface area contributed by atoms with Crippen LogP contribution in [0.25, 0.3) is 0 Å². The number of rotatable bonds is 9. The number of carbonyl (C=O) groups is 2. The summed E-state index contributed by atoms with van der Waals surface area (Å²) < 4.78 is 11.0. The summed E-state index contributed by atoms with van der Waals surface area (Å²) in [6, 6.07) is 5.09. The summed E-state index contributed by atoms with van der Waals surface area (Å²) in [4.78, 5) is 23.5. The minimum Gasteiger partial charge on any atom is -0.493 e. The van der Waals surface area contributed by atoms with E-state index in [1.165, 1.54) is 14.0 Å². The molecule has 7 heteroatoms. The molecule has 1 aromatic rings. The first-order valence-electron chi connectivity index (χ1n) is 8.82. The Hall–Kier alpha value is -1.79. The Morgan fingerprint density at radius 1 is 1.23 bits per heavy atom. The molecule has 6 nitrogen and oxygen atoms in total. The van der Waals surface area contributed by atoms with Crippen molar-refractivity contribution in [1.82, 2.24) is 5.32 Å². The van der Waals surface area contributed by atoms with Crippen molar-refractivity contribution in [1.29, 1.82) is 0 Å². The molecule has 0 atom stereocenters. The third kappa shape index (κ3) is 5.88. The standard InChI is InChI=1S/C19H28N2O4.ClH/c1-14(22)15-7-8-16(17(12-15)24-2)25-11-5-6-18(23)21-19(13-20)9-3-4-10-19;/h7-8,12H,3-6,9-11,13,20H2,1-2H3,(H,21,23);1H. The van der Waals surface area contributed by atoms with Crippen molar-refractivity contribution in [3.8, 4) is 11.5 Å². The molecule has 1 fully saturated rings. The Morgan fingerprint density at radius 2 is 1.92 bits per heavy atom. The Morgan fingerprint density at radius 3 is 2.50 bits per heavy atom. The topological polar surface area (TPSA) is 90.6 Å². The molecule has 0 bridgehead atoms. The van der Waals surface area contributed by atoms with E-state index in [-0.39, 0.29) is 29.6 Å². The van der Waals surface area contributed by atoms with Gasteiger partial charge in [-0.05, 0) is 44.4 Å². The number of nitrogens with one attached hydrogen (secondary N) is 1. The third-order valence-corrected chi connectivity index (χ3v) is 4.73. The van der Waals surface area contributed by atoms with Crippen LogP contribution < -0.4 is 20.5 Å². The van der Waals surface area contributed by atoms with Gasteiger partial charge in [0.25, 0.3) is 0 Å². The molecule has 1 aromatic carbocycles. The number of halogens is 1. The molecule has 1 amide bonds. The van der Waals surface area contributed by atoms with Gasteiger partial charge in [-0.3, -0.25) is 9.59 Å². The summed E-state index contributed by atoms with van der Waals surface area (Å²) in [7, 11) is 1.54. The molecule has 2 rings (SSSR count). The molecule has 1 saturated carbocycles. The van der Waals surface area contributed by atoms with Crippen molar-refractivity contribution in [3.05, 3.63) is 23.8 Å². The average molecular weight is 385 g/mol. The van der Waals surface area contributed by atoms with Crippen LogP contribution in [0.15, 0.2) is 18.2 Å². The molecule has 26 heavy (non-hydrogen) atoms. The molecule has 0 radical (unpaired) electrons. The average Bonchev–Trinajstić information content (AvgIpc) is 3.07. The molecule has 146 valence electrons. The van der Waals surface area contributed by atoms with E-state index < -0.39 is 0 Å². The number of ether oxygens (including phenoxy) is 2. The van der Waals surface area contributed by atoms with Crippen LogP contribution in [0.4, 0.5) is 0 Å². The summed E-state index contributed by atoms with van der Waals surface area (Å²) >= 11 is 0. The van der Waals surface area contributed by atoms with Crippen molar-refractivity contribution >= 4 is 24.1 Å². The molecule has 1 aliphatic carbocycles. The number of benzene rings is 1. The second-order valence-corrected chi connectivity index (χ2v) is 6.61. The Balaban J connectivity index is 0.00000338. The zero-order valence-corrected chi connectivity index (χ0v) is 16.3. The van der Waals surface area contributed by atoms with Crippen LogP contribution in [0.3, 0.4) is 0 Å². The molecule has 0 unspecified atom stereocenters. The lowest BCUT2D eigenvalue weighted by atomic mass is 9.97. The largest absolute Gasteiger partial charge is 0.493 e. The van der Waals surface area contributed by atoms with Crippen LogP contribution in [0, 0.1) is 0 Å². The Kier molecular flexibility index (Phi) is 8.88. The maximum absolute atomic E-state index is 12.1. The highest BCUT2D eigenvalue weighted by Crippen LogP contribution is 2.29. The van der Waals surface area contributed by atoms with Gasteiger partial charge in [-0.2, -0.15) is 0 Å². The summed E-state index contributed by atoms with van der Waals surface area (Å²) in [5, 5.41) is 3.10. The second kappa shape index (κ2) is 10.4. The lowest BCUT2D eigenvalue weighted by Gasteiger charge is -2.28. The van der Waals surface area contributed by atoms with Gasteiger partial charge in [-0.15, -0.1) is 12.4 Å². The summed E-state index contributed by atoms with van der Waals surface area (Å²) in [5.41, 5.74) is 6.21. The van der Waals surface area contributed by atoms with Gasteiger partial charge in [0.05, 0.1) is 19.3 Å². The van der Waals surface area contributed by atoms with Crippen molar-refractivity contribution < 1.29 is 19.1 Å². The van der Waals surface area contributed by atoms with E-state index in [2.05, 4.69) is 5.32 Å². The molecule has 1 aliphatic rings. The van der Waals surface area contributed by atoms with Gasteiger partial charge in [-0.25, -0.2) is 0 Å². The predicted octanol–water partition coefficient (Wildman–Crippen LogP) is 2.87. The van der Waals surface area contributed by atoms with Gasteiger partial charge >= 0.3 is 0 Å². The van der Waals surface area contributed by atoms with Crippen LogP contribution in [0.1, 0.15) is 55.8 Å². The van der Waals surface area contributed by atoms with E-state index in [0.717, 1.165) is 25.7 Å².